The van der Waals surface area contributed by atoms with E-state index in [1.807, 2.05) is 18.2 Å². The van der Waals surface area contributed by atoms with Crippen LogP contribution in [0.1, 0.15) is 70.6 Å². The molecule has 1 atom stereocenters. The minimum absolute atomic E-state index is 0.0389. The molecule has 0 aromatic heterocycles. The Kier molecular flexibility index (Phi) is 9.77. The van der Waals surface area contributed by atoms with Gasteiger partial charge in [-0.05, 0) is 54.0 Å². The molecule has 2 rings (SSSR count). The number of hydrogen-bond donors (Lipinski definition) is 1. The Morgan fingerprint density at radius 2 is 1.75 bits per heavy atom. The smallest absolute Gasteiger partial charge is 0.242 e. The van der Waals surface area contributed by atoms with Gasteiger partial charge in [-0.3, -0.25) is 9.59 Å². The first kappa shape index (κ1) is 25.9. The van der Waals surface area contributed by atoms with E-state index in [1.54, 1.807) is 17.9 Å². The molecule has 0 aliphatic heterocycles. The summed E-state index contributed by atoms with van der Waals surface area (Å²) in [5.41, 5.74) is 3.40. The molecular formula is C27H37ClN2O2. The molecule has 0 unspecified atom stereocenters. The summed E-state index contributed by atoms with van der Waals surface area (Å²) in [7, 11) is 0. The summed E-state index contributed by atoms with van der Waals surface area (Å²) in [6.45, 7) is 11.4. The topological polar surface area (TPSA) is 49.4 Å². The third-order valence-electron chi connectivity index (χ3n) is 5.69. The first-order valence-electron chi connectivity index (χ1n) is 11.5. The molecule has 1 N–H and O–H groups in total. The van der Waals surface area contributed by atoms with Crippen LogP contribution in [0, 0.1) is 0 Å². The lowest BCUT2D eigenvalue weighted by Crippen LogP contribution is -2.47. The largest absolute Gasteiger partial charge is 0.354 e. The highest BCUT2D eigenvalue weighted by Gasteiger charge is 2.26. The predicted octanol–water partition coefficient (Wildman–Crippen LogP) is 5.90. The lowest BCUT2D eigenvalue weighted by molar-refractivity contribution is -0.140. The molecule has 2 amide bonds. The number of halogens is 1. The monoisotopic (exact) mass is 456 g/mol. The molecule has 174 valence electrons. The number of aryl methyl sites for hydroxylation is 1. The molecule has 0 radical (unpaired) electrons. The van der Waals surface area contributed by atoms with E-state index in [0.717, 1.165) is 24.0 Å². The summed E-state index contributed by atoms with van der Waals surface area (Å²) >= 11 is 6.14. The Hall–Kier alpha value is -2.33. The fourth-order valence-electron chi connectivity index (χ4n) is 3.52. The molecule has 0 aliphatic rings. The van der Waals surface area contributed by atoms with Crippen LogP contribution < -0.4 is 5.32 Å². The normalized spacial score (nSPS) is 12.3. The number of hydrogen-bond acceptors (Lipinski definition) is 2. The third kappa shape index (κ3) is 7.98. The molecule has 0 heterocycles. The number of rotatable bonds is 10. The number of nitrogens with one attached hydrogen (secondary N) is 1. The zero-order chi connectivity index (χ0) is 23.7. The number of benzene rings is 2. The molecule has 0 fully saturated rings. The minimum atomic E-state index is -0.554. The van der Waals surface area contributed by atoms with Gasteiger partial charge in [0.25, 0.3) is 0 Å². The van der Waals surface area contributed by atoms with Crippen LogP contribution in [0.5, 0.6) is 0 Å². The van der Waals surface area contributed by atoms with Gasteiger partial charge < -0.3 is 10.2 Å². The van der Waals surface area contributed by atoms with Crippen LogP contribution in [-0.4, -0.2) is 29.3 Å². The van der Waals surface area contributed by atoms with E-state index in [9.17, 15) is 9.59 Å². The van der Waals surface area contributed by atoms with Crippen LogP contribution >= 0.6 is 11.6 Å². The molecule has 4 nitrogen and oxygen atoms in total. The predicted molar refractivity (Wildman–Crippen MR) is 133 cm³/mol. The van der Waals surface area contributed by atoms with Gasteiger partial charge in [0.05, 0.1) is 0 Å². The van der Waals surface area contributed by atoms with Crippen molar-refractivity contribution in [1.82, 2.24) is 10.2 Å². The van der Waals surface area contributed by atoms with Gasteiger partial charge in [-0.2, -0.15) is 0 Å². The minimum Gasteiger partial charge on any atom is -0.354 e. The average molecular weight is 457 g/mol. The molecule has 0 aliphatic carbocycles. The highest BCUT2D eigenvalue weighted by molar-refractivity contribution is 6.30. The van der Waals surface area contributed by atoms with E-state index in [1.165, 1.54) is 5.56 Å². The number of carbonyl (C=O) groups is 2. The van der Waals surface area contributed by atoms with E-state index in [2.05, 4.69) is 57.3 Å². The summed E-state index contributed by atoms with van der Waals surface area (Å²) < 4.78 is 0. The van der Waals surface area contributed by atoms with E-state index in [0.29, 0.717) is 31.0 Å². The van der Waals surface area contributed by atoms with Crippen molar-refractivity contribution in [1.29, 1.82) is 0 Å². The highest BCUT2D eigenvalue weighted by Crippen LogP contribution is 2.23. The molecule has 0 spiro atoms. The quantitative estimate of drug-likeness (QED) is 0.452. The highest BCUT2D eigenvalue weighted by atomic mass is 35.5. The first-order valence-corrected chi connectivity index (χ1v) is 11.9. The Morgan fingerprint density at radius 3 is 2.34 bits per heavy atom. The second-order valence-corrected chi connectivity index (χ2v) is 9.86. The van der Waals surface area contributed by atoms with Gasteiger partial charge in [-0.1, -0.05) is 82.1 Å². The molecule has 2 aromatic rings. The van der Waals surface area contributed by atoms with Crippen LogP contribution in [0.25, 0.3) is 0 Å². The molecule has 0 saturated carbocycles. The maximum absolute atomic E-state index is 13.2. The van der Waals surface area contributed by atoms with E-state index in [4.69, 9.17) is 11.6 Å². The van der Waals surface area contributed by atoms with Crippen molar-refractivity contribution in [2.45, 2.75) is 78.3 Å². The first-order chi connectivity index (χ1) is 15.1. The summed E-state index contributed by atoms with van der Waals surface area (Å²) in [6.07, 6.45) is 2.92. The van der Waals surface area contributed by atoms with Gasteiger partial charge in [-0.15, -0.1) is 0 Å². The Labute approximate surface area is 198 Å². The van der Waals surface area contributed by atoms with Crippen molar-refractivity contribution in [3.63, 3.8) is 0 Å². The van der Waals surface area contributed by atoms with Crippen LogP contribution in [0.3, 0.4) is 0 Å². The second-order valence-electron chi connectivity index (χ2n) is 9.42. The number of unbranched alkanes of at least 4 members (excludes halogenated alkanes) is 1. The summed E-state index contributed by atoms with van der Waals surface area (Å²) in [6, 6.07) is 15.3. The van der Waals surface area contributed by atoms with E-state index >= 15 is 0 Å². The van der Waals surface area contributed by atoms with E-state index in [-0.39, 0.29) is 17.2 Å². The average Bonchev–Trinajstić information content (AvgIpc) is 2.75. The van der Waals surface area contributed by atoms with Crippen molar-refractivity contribution in [2.24, 2.45) is 0 Å². The molecule has 5 heteroatoms. The van der Waals surface area contributed by atoms with Crippen LogP contribution in [0.4, 0.5) is 0 Å². The Bertz CT molecular complexity index is 887. The van der Waals surface area contributed by atoms with Gasteiger partial charge in [0.15, 0.2) is 0 Å². The van der Waals surface area contributed by atoms with Gasteiger partial charge in [0.1, 0.15) is 6.04 Å². The SMILES string of the molecule is CCCCNC(=O)[C@@H](C)N(Cc1cccc(Cl)c1)C(=O)CCc1ccc(C(C)(C)C)cc1. The zero-order valence-electron chi connectivity index (χ0n) is 20.1. The zero-order valence-corrected chi connectivity index (χ0v) is 20.8. The van der Waals surface area contributed by atoms with Crippen LogP contribution in [-0.2, 0) is 28.0 Å². The molecule has 32 heavy (non-hydrogen) atoms. The third-order valence-corrected chi connectivity index (χ3v) is 5.92. The summed E-state index contributed by atoms with van der Waals surface area (Å²) in [4.78, 5) is 27.6. The van der Waals surface area contributed by atoms with Gasteiger partial charge in [-0.25, -0.2) is 0 Å². The lowest BCUT2D eigenvalue weighted by Gasteiger charge is -2.29. The van der Waals surface area contributed by atoms with Crippen LogP contribution in [0.15, 0.2) is 48.5 Å². The maximum Gasteiger partial charge on any atom is 0.242 e. The number of amides is 2. The van der Waals surface area contributed by atoms with E-state index < -0.39 is 6.04 Å². The molecule has 0 bridgehead atoms. The van der Waals surface area contributed by atoms with Gasteiger partial charge in [0, 0.05) is 24.5 Å². The lowest BCUT2D eigenvalue weighted by atomic mass is 9.86. The summed E-state index contributed by atoms with van der Waals surface area (Å²) in [5, 5.41) is 3.57. The fraction of sp³-hybridized carbons (Fsp3) is 0.481. The molecule has 2 aromatic carbocycles. The summed E-state index contributed by atoms with van der Waals surface area (Å²) in [5.74, 6) is -0.161. The fourth-order valence-corrected chi connectivity index (χ4v) is 3.73. The van der Waals surface area contributed by atoms with Crippen molar-refractivity contribution in [2.75, 3.05) is 6.54 Å². The Balaban J connectivity index is 2.11. The number of carbonyl (C=O) groups excluding carboxylic acids is 2. The van der Waals surface area contributed by atoms with Crippen molar-refractivity contribution in [3.05, 3.63) is 70.2 Å². The van der Waals surface area contributed by atoms with Crippen molar-refractivity contribution in [3.8, 4) is 0 Å². The molecule has 0 saturated heterocycles. The maximum atomic E-state index is 13.2. The standard InChI is InChI=1S/C27H37ClN2O2/c1-6-7-17-29-26(32)20(2)30(19-22-9-8-10-24(28)18-22)25(31)16-13-21-11-14-23(15-12-21)27(3,4)5/h8-12,14-15,18,20H,6-7,13,16-17,19H2,1-5H3,(H,29,32)/t20-/m1/s1. The Morgan fingerprint density at radius 1 is 1.06 bits per heavy atom. The van der Waals surface area contributed by atoms with Crippen LogP contribution in [0.2, 0.25) is 5.02 Å². The second kappa shape index (κ2) is 12.1. The van der Waals surface area contributed by atoms with Crippen molar-refractivity contribution >= 4 is 23.4 Å². The number of nitrogens with zero attached hydrogens (tertiary/aromatic N) is 1. The molecular weight excluding hydrogens is 420 g/mol. The van der Waals surface area contributed by atoms with Gasteiger partial charge in [0.2, 0.25) is 11.8 Å². The van der Waals surface area contributed by atoms with Crippen molar-refractivity contribution < 1.29 is 9.59 Å². The van der Waals surface area contributed by atoms with Gasteiger partial charge >= 0.3 is 0 Å².